The van der Waals surface area contributed by atoms with E-state index < -0.39 is 0 Å². The van der Waals surface area contributed by atoms with Crippen LogP contribution in [0.1, 0.15) is 15.9 Å². The van der Waals surface area contributed by atoms with Crippen molar-refractivity contribution in [1.29, 1.82) is 0 Å². The molecule has 1 aromatic heterocycles. The Balaban J connectivity index is 1.95. The Morgan fingerprint density at radius 3 is 2.67 bits per heavy atom. The lowest BCUT2D eigenvalue weighted by Crippen LogP contribution is -1.99. The lowest BCUT2D eigenvalue weighted by molar-refractivity contribution is 0.104. The smallest absolute Gasteiger partial charge is 0.189 e. The first-order valence-corrected chi connectivity index (χ1v) is 7.51. The van der Waals surface area contributed by atoms with Crippen molar-refractivity contribution in [3.8, 4) is 11.5 Å². The van der Waals surface area contributed by atoms with E-state index in [0.29, 0.717) is 17.1 Å². The van der Waals surface area contributed by atoms with E-state index in [-0.39, 0.29) is 5.78 Å². The fourth-order valence-electron chi connectivity index (χ4n) is 2.53. The van der Waals surface area contributed by atoms with E-state index in [9.17, 15) is 4.79 Å². The van der Waals surface area contributed by atoms with Gasteiger partial charge in [0.15, 0.2) is 5.78 Å². The molecule has 0 N–H and O–H groups in total. The van der Waals surface area contributed by atoms with E-state index in [1.807, 2.05) is 30.3 Å². The van der Waals surface area contributed by atoms with Crippen LogP contribution in [-0.4, -0.2) is 25.0 Å². The second-order valence-corrected chi connectivity index (χ2v) is 5.18. The average Bonchev–Trinajstić information content (AvgIpc) is 2.65. The number of methoxy groups -OCH3 is 2. The molecule has 2 aromatic carbocycles. The molecule has 3 aromatic rings. The van der Waals surface area contributed by atoms with Gasteiger partial charge in [-0.1, -0.05) is 24.3 Å². The molecule has 4 nitrogen and oxygen atoms in total. The summed E-state index contributed by atoms with van der Waals surface area (Å²) in [7, 11) is 3.10. The first-order chi connectivity index (χ1) is 11.7. The van der Waals surface area contributed by atoms with Crippen molar-refractivity contribution in [2.45, 2.75) is 0 Å². The van der Waals surface area contributed by atoms with Crippen molar-refractivity contribution in [3.05, 3.63) is 71.9 Å². The van der Waals surface area contributed by atoms with E-state index in [4.69, 9.17) is 9.47 Å². The third kappa shape index (κ3) is 3.13. The molecule has 0 saturated heterocycles. The van der Waals surface area contributed by atoms with Crippen molar-refractivity contribution in [1.82, 2.24) is 4.98 Å². The second kappa shape index (κ2) is 6.96. The molecule has 0 saturated carbocycles. The Morgan fingerprint density at radius 2 is 1.88 bits per heavy atom. The molecule has 0 spiro atoms. The highest BCUT2D eigenvalue weighted by atomic mass is 16.5. The molecular weight excluding hydrogens is 302 g/mol. The summed E-state index contributed by atoms with van der Waals surface area (Å²) >= 11 is 0. The van der Waals surface area contributed by atoms with Gasteiger partial charge in [-0.25, -0.2) is 0 Å². The normalized spacial score (nSPS) is 10.9. The van der Waals surface area contributed by atoms with E-state index in [2.05, 4.69) is 4.98 Å². The minimum atomic E-state index is -0.147. The molecule has 0 radical (unpaired) electrons. The Hall–Kier alpha value is -3.14. The predicted molar refractivity (Wildman–Crippen MR) is 94.7 cm³/mol. The molecule has 0 aliphatic rings. The number of fused-ring (bicyclic) bond motifs is 1. The van der Waals surface area contributed by atoms with Crippen molar-refractivity contribution in [2.24, 2.45) is 0 Å². The summed E-state index contributed by atoms with van der Waals surface area (Å²) in [5, 5.41) is 1.00. The Morgan fingerprint density at radius 1 is 1.04 bits per heavy atom. The van der Waals surface area contributed by atoms with Crippen LogP contribution >= 0.6 is 0 Å². The highest BCUT2D eigenvalue weighted by Crippen LogP contribution is 2.25. The van der Waals surface area contributed by atoms with Crippen LogP contribution in [0.3, 0.4) is 0 Å². The molecule has 0 amide bonds. The third-order valence-corrected chi connectivity index (χ3v) is 3.77. The van der Waals surface area contributed by atoms with Crippen LogP contribution in [-0.2, 0) is 0 Å². The topological polar surface area (TPSA) is 48.4 Å². The highest BCUT2D eigenvalue weighted by Gasteiger charge is 2.11. The summed E-state index contributed by atoms with van der Waals surface area (Å²) in [5.74, 6) is 0.985. The number of ketones is 1. The van der Waals surface area contributed by atoms with Crippen molar-refractivity contribution in [2.75, 3.05) is 14.2 Å². The van der Waals surface area contributed by atoms with Gasteiger partial charge < -0.3 is 9.47 Å². The van der Waals surface area contributed by atoms with E-state index in [1.54, 1.807) is 50.8 Å². The fraction of sp³-hybridized carbons (Fsp3) is 0.100. The summed E-state index contributed by atoms with van der Waals surface area (Å²) in [5.41, 5.74) is 2.30. The summed E-state index contributed by atoms with van der Waals surface area (Å²) in [6.07, 6.45) is 5.07. The van der Waals surface area contributed by atoms with E-state index >= 15 is 0 Å². The number of hydrogen-bond acceptors (Lipinski definition) is 4. The number of carbonyl (C=O) groups is 1. The number of allylic oxidation sites excluding steroid dienone is 1. The number of nitrogens with zero attached hydrogens (tertiary/aromatic N) is 1. The van der Waals surface area contributed by atoms with Gasteiger partial charge in [0.2, 0.25) is 0 Å². The predicted octanol–water partition coefficient (Wildman–Crippen LogP) is 4.15. The van der Waals surface area contributed by atoms with Gasteiger partial charge in [-0.2, -0.15) is 0 Å². The van der Waals surface area contributed by atoms with Gasteiger partial charge in [0, 0.05) is 11.6 Å². The summed E-state index contributed by atoms with van der Waals surface area (Å²) in [6.45, 7) is 0. The van der Waals surface area contributed by atoms with Gasteiger partial charge in [0.25, 0.3) is 0 Å². The molecule has 0 aliphatic heterocycles. The maximum absolute atomic E-state index is 12.6. The van der Waals surface area contributed by atoms with Crippen LogP contribution in [0.15, 0.2) is 60.8 Å². The van der Waals surface area contributed by atoms with Crippen LogP contribution < -0.4 is 9.47 Å². The number of rotatable bonds is 5. The average molecular weight is 319 g/mol. The van der Waals surface area contributed by atoms with E-state index in [0.717, 1.165) is 16.5 Å². The lowest BCUT2D eigenvalue weighted by Gasteiger charge is -2.08. The Kier molecular flexibility index (Phi) is 4.57. The molecule has 0 unspecified atom stereocenters. The number of carbonyl (C=O) groups excluding carboxylic acids is 1. The maximum Gasteiger partial charge on any atom is 0.189 e. The first kappa shape index (κ1) is 15.7. The zero-order valence-corrected chi connectivity index (χ0v) is 13.5. The summed E-state index contributed by atoms with van der Waals surface area (Å²) in [6, 6.07) is 14.9. The Bertz CT molecular complexity index is 910. The molecule has 1 heterocycles. The van der Waals surface area contributed by atoms with Gasteiger partial charge in [0.05, 0.1) is 25.3 Å². The highest BCUT2D eigenvalue weighted by molar-refractivity contribution is 6.09. The van der Waals surface area contributed by atoms with Crippen LogP contribution in [0.2, 0.25) is 0 Å². The number of ether oxygens (including phenoxy) is 2. The van der Waals surface area contributed by atoms with E-state index in [1.165, 1.54) is 0 Å². The first-order valence-electron chi connectivity index (χ1n) is 7.51. The number of para-hydroxylation sites is 1. The molecule has 0 bridgehead atoms. The third-order valence-electron chi connectivity index (χ3n) is 3.77. The zero-order valence-electron chi connectivity index (χ0n) is 13.5. The molecular formula is C20H17NO3. The van der Waals surface area contributed by atoms with Gasteiger partial charge in [-0.15, -0.1) is 0 Å². The Labute approximate surface area is 140 Å². The van der Waals surface area contributed by atoms with Crippen molar-refractivity contribution in [3.63, 3.8) is 0 Å². The van der Waals surface area contributed by atoms with Crippen LogP contribution in [0, 0.1) is 0 Å². The van der Waals surface area contributed by atoms with Crippen LogP contribution in [0.25, 0.3) is 17.0 Å². The number of benzene rings is 2. The van der Waals surface area contributed by atoms with Gasteiger partial charge in [-0.05, 0) is 42.0 Å². The fourth-order valence-corrected chi connectivity index (χ4v) is 2.53. The summed E-state index contributed by atoms with van der Waals surface area (Å²) < 4.78 is 10.5. The SMILES string of the molecule is COc1ccc(OC)c(C(=O)/C=C/c2ccnc3ccccc23)c1. The number of hydrogen-bond donors (Lipinski definition) is 0. The van der Waals surface area contributed by atoms with Gasteiger partial charge in [-0.3, -0.25) is 9.78 Å². The molecule has 0 aliphatic carbocycles. The van der Waals surface area contributed by atoms with Crippen LogP contribution in [0.4, 0.5) is 0 Å². The lowest BCUT2D eigenvalue weighted by atomic mass is 10.1. The van der Waals surface area contributed by atoms with Crippen molar-refractivity contribution < 1.29 is 14.3 Å². The molecule has 4 heteroatoms. The quantitative estimate of drug-likeness (QED) is 0.523. The number of aromatic nitrogens is 1. The summed E-state index contributed by atoms with van der Waals surface area (Å²) in [4.78, 5) is 16.9. The van der Waals surface area contributed by atoms with Gasteiger partial charge >= 0.3 is 0 Å². The minimum Gasteiger partial charge on any atom is -0.497 e. The monoisotopic (exact) mass is 319 g/mol. The molecule has 0 atom stereocenters. The maximum atomic E-state index is 12.6. The second-order valence-electron chi connectivity index (χ2n) is 5.18. The van der Waals surface area contributed by atoms with Gasteiger partial charge in [0.1, 0.15) is 11.5 Å². The zero-order chi connectivity index (χ0) is 16.9. The standard InChI is InChI=1S/C20H17NO3/c1-23-15-8-10-20(24-2)17(13-15)19(22)9-7-14-11-12-21-18-6-4-3-5-16(14)18/h3-13H,1-2H3/b9-7+. The molecule has 24 heavy (non-hydrogen) atoms. The largest absolute Gasteiger partial charge is 0.497 e. The molecule has 120 valence electrons. The number of pyridine rings is 1. The van der Waals surface area contributed by atoms with Crippen LogP contribution in [0.5, 0.6) is 11.5 Å². The minimum absolute atomic E-state index is 0.147. The molecule has 0 fully saturated rings. The molecule has 3 rings (SSSR count). The van der Waals surface area contributed by atoms with Crippen molar-refractivity contribution >= 4 is 22.8 Å².